The van der Waals surface area contributed by atoms with Gasteiger partial charge in [0.05, 0.1) is 5.69 Å². The number of fused-ring (bicyclic) bond motifs is 1. The number of nitrogens with zero attached hydrogens (tertiary/aromatic N) is 2. The van der Waals surface area contributed by atoms with Crippen LogP contribution in [0, 0.1) is 17.7 Å². The second-order valence-corrected chi connectivity index (χ2v) is 7.46. The number of hydrogen-bond acceptors (Lipinski definition) is 2. The molecule has 120 valence electrons. The monoisotopic (exact) mass is 302 g/mol. The molecule has 22 heavy (non-hydrogen) atoms. The van der Waals surface area contributed by atoms with Crippen molar-refractivity contribution in [1.29, 1.82) is 0 Å². The Balaban J connectivity index is 1.42. The van der Waals surface area contributed by atoms with Gasteiger partial charge in [0.2, 0.25) is 0 Å². The van der Waals surface area contributed by atoms with E-state index in [1.54, 1.807) is 6.07 Å². The molecule has 1 aromatic rings. The minimum atomic E-state index is -0.0352. The van der Waals surface area contributed by atoms with Crippen molar-refractivity contribution in [2.75, 3.05) is 31.1 Å². The molecule has 0 aromatic heterocycles. The molecule has 2 unspecified atom stereocenters. The highest BCUT2D eigenvalue weighted by atomic mass is 19.1. The molecule has 3 heteroatoms. The first-order valence-corrected chi connectivity index (χ1v) is 9.02. The zero-order valence-electron chi connectivity index (χ0n) is 13.6. The molecule has 2 saturated heterocycles. The third-order valence-electron chi connectivity index (χ3n) is 6.12. The minimum Gasteiger partial charge on any atom is -0.368 e. The molecule has 2 nitrogen and oxygen atoms in total. The smallest absolute Gasteiger partial charge is 0.146 e. The van der Waals surface area contributed by atoms with Gasteiger partial charge in [-0.15, -0.1) is 0 Å². The molecule has 0 bridgehead atoms. The number of halogens is 1. The average molecular weight is 302 g/mol. The minimum absolute atomic E-state index is 0.0352. The molecular weight excluding hydrogens is 275 g/mol. The average Bonchev–Trinajstić information content (AvgIpc) is 3.21. The van der Waals surface area contributed by atoms with E-state index in [2.05, 4.69) is 22.8 Å². The van der Waals surface area contributed by atoms with Crippen LogP contribution in [0.4, 0.5) is 10.1 Å². The highest BCUT2D eigenvalue weighted by molar-refractivity contribution is 5.50. The second kappa shape index (κ2) is 5.84. The number of aryl methyl sites for hydroxylation is 1. The van der Waals surface area contributed by atoms with Crippen LogP contribution in [0.2, 0.25) is 0 Å². The normalized spacial score (nSPS) is 29.5. The summed E-state index contributed by atoms with van der Waals surface area (Å²) >= 11 is 0. The number of likely N-dealkylation sites (tertiary alicyclic amines) is 1. The summed E-state index contributed by atoms with van der Waals surface area (Å²) in [5.41, 5.74) is 1.91. The van der Waals surface area contributed by atoms with Gasteiger partial charge < -0.3 is 4.90 Å². The summed E-state index contributed by atoms with van der Waals surface area (Å²) in [4.78, 5) is 5.02. The highest BCUT2D eigenvalue weighted by Gasteiger charge is 2.42. The molecule has 2 aliphatic heterocycles. The van der Waals surface area contributed by atoms with Crippen LogP contribution in [0.15, 0.2) is 18.2 Å². The van der Waals surface area contributed by atoms with Crippen molar-refractivity contribution < 1.29 is 4.39 Å². The van der Waals surface area contributed by atoms with Crippen LogP contribution < -0.4 is 4.90 Å². The van der Waals surface area contributed by atoms with Crippen LogP contribution in [0.25, 0.3) is 0 Å². The molecule has 1 aliphatic carbocycles. The highest BCUT2D eigenvalue weighted by Crippen LogP contribution is 2.38. The maximum Gasteiger partial charge on any atom is 0.146 e. The fourth-order valence-corrected chi connectivity index (χ4v) is 4.82. The van der Waals surface area contributed by atoms with E-state index in [0.717, 1.165) is 48.6 Å². The number of rotatable bonds is 3. The van der Waals surface area contributed by atoms with Gasteiger partial charge in [-0.3, -0.25) is 4.90 Å². The van der Waals surface area contributed by atoms with E-state index >= 15 is 0 Å². The van der Waals surface area contributed by atoms with Gasteiger partial charge in [-0.1, -0.05) is 25.8 Å². The van der Waals surface area contributed by atoms with E-state index < -0.39 is 0 Å². The van der Waals surface area contributed by atoms with Gasteiger partial charge in [0.25, 0.3) is 0 Å². The van der Waals surface area contributed by atoms with Gasteiger partial charge in [-0.05, 0) is 48.8 Å². The zero-order chi connectivity index (χ0) is 15.1. The van der Waals surface area contributed by atoms with E-state index in [4.69, 9.17) is 0 Å². The van der Waals surface area contributed by atoms with Crippen LogP contribution in [-0.4, -0.2) is 37.1 Å². The SMILES string of the molecule is CCc1ccc(N2CC3CN(C4CCCC4)CC3C2)c(F)c1. The second-order valence-electron chi connectivity index (χ2n) is 7.46. The lowest BCUT2D eigenvalue weighted by Crippen LogP contribution is -2.35. The van der Waals surface area contributed by atoms with Crippen LogP contribution in [0.1, 0.15) is 38.2 Å². The molecule has 0 amide bonds. The molecule has 0 spiro atoms. The van der Waals surface area contributed by atoms with Gasteiger partial charge in [0.1, 0.15) is 5.82 Å². The van der Waals surface area contributed by atoms with Crippen LogP contribution in [0.5, 0.6) is 0 Å². The van der Waals surface area contributed by atoms with E-state index in [0.29, 0.717) is 0 Å². The fourth-order valence-electron chi connectivity index (χ4n) is 4.82. The first kappa shape index (κ1) is 14.5. The molecular formula is C19H27FN2. The quantitative estimate of drug-likeness (QED) is 0.840. The largest absolute Gasteiger partial charge is 0.368 e. The third kappa shape index (κ3) is 2.54. The fraction of sp³-hybridized carbons (Fsp3) is 0.684. The molecule has 4 rings (SSSR count). The first-order valence-electron chi connectivity index (χ1n) is 9.02. The maximum atomic E-state index is 14.3. The van der Waals surface area contributed by atoms with Crippen LogP contribution in [0.3, 0.4) is 0 Å². The Labute approximate surface area is 133 Å². The third-order valence-corrected chi connectivity index (χ3v) is 6.12. The Morgan fingerprint density at radius 1 is 1.05 bits per heavy atom. The molecule has 1 saturated carbocycles. The van der Waals surface area contributed by atoms with Crippen LogP contribution in [-0.2, 0) is 6.42 Å². The number of anilines is 1. The van der Waals surface area contributed by atoms with Gasteiger partial charge in [0.15, 0.2) is 0 Å². The predicted molar refractivity (Wildman–Crippen MR) is 88.8 cm³/mol. The molecule has 0 radical (unpaired) electrons. The molecule has 3 aliphatic rings. The lowest BCUT2D eigenvalue weighted by Gasteiger charge is -2.27. The van der Waals surface area contributed by atoms with E-state index in [9.17, 15) is 4.39 Å². The molecule has 0 N–H and O–H groups in total. The van der Waals surface area contributed by atoms with Gasteiger partial charge in [-0.25, -0.2) is 4.39 Å². The summed E-state index contributed by atoms with van der Waals surface area (Å²) in [7, 11) is 0. The predicted octanol–water partition coefficient (Wildman–Crippen LogP) is 3.70. The molecule has 2 heterocycles. The van der Waals surface area contributed by atoms with Gasteiger partial charge in [0, 0.05) is 32.2 Å². The molecule has 1 aromatic carbocycles. The van der Waals surface area contributed by atoms with E-state index in [1.165, 1.54) is 38.8 Å². The standard InChI is InChI=1S/C19H27FN2/c1-2-14-7-8-19(18(20)9-14)22-12-15-10-21(11-16(15)13-22)17-5-3-4-6-17/h7-9,15-17H,2-6,10-13H2,1H3. The van der Waals surface area contributed by atoms with Crippen molar-refractivity contribution in [2.24, 2.45) is 11.8 Å². The Hall–Kier alpha value is -1.09. The van der Waals surface area contributed by atoms with Gasteiger partial charge in [-0.2, -0.15) is 0 Å². The Morgan fingerprint density at radius 3 is 2.32 bits per heavy atom. The number of hydrogen-bond donors (Lipinski definition) is 0. The van der Waals surface area contributed by atoms with E-state index in [-0.39, 0.29) is 5.82 Å². The van der Waals surface area contributed by atoms with Crippen molar-refractivity contribution in [1.82, 2.24) is 4.90 Å². The van der Waals surface area contributed by atoms with Crippen molar-refractivity contribution in [3.63, 3.8) is 0 Å². The lowest BCUT2D eigenvalue weighted by atomic mass is 10.0. The van der Waals surface area contributed by atoms with Crippen molar-refractivity contribution in [3.8, 4) is 0 Å². The zero-order valence-corrected chi connectivity index (χ0v) is 13.6. The summed E-state index contributed by atoms with van der Waals surface area (Å²) in [5.74, 6) is 1.45. The lowest BCUT2D eigenvalue weighted by molar-refractivity contribution is 0.231. The number of benzene rings is 1. The van der Waals surface area contributed by atoms with Crippen LogP contribution >= 0.6 is 0 Å². The van der Waals surface area contributed by atoms with Crippen molar-refractivity contribution >= 4 is 5.69 Å². The molecule has 3 fully saturated rings. The van der Waals surface area contributed by atoms with Crippen molar-refractivity contribution in [2.45, 2.75) is 45.1 Å². The van der Waals surface area contributed by atoms with E-state index in [1.807, 2.05) is 6.07 Å². The maximum absolute atomic E-state index is 14.3. The molecule has 2 atom stereocenters. The Bertz CT molecular complexity index is 524. The summed E-state index contributed by atoms with van der Waals surface area (Å²) in [6.45, 7) is 6.62. The summed E-state index contributed by atoms with van der Waals surface area (Å²) in [6, 6.07) is 6.63. The van der Waals surface area contributed by atoms with Gasteiger partial charge >= 0.3 is 0 Å². The van der Waals surface area contributed by atoms with Crippen molar-refractivity contribution in [3.05, 3.63) is 29.6 Å². The summed E-state index contributed by atoms with van der Waals surface area (Å²) in [5, 5.41) is 0. The first-order chi connectivity index (χ1) is 10.7. The summed E-state index contributed by atoms with van der Waals surface area (Å²) in [6.07, 6.45) is 6.53. The summed E-state index contributed by atoms with van der Waals surface area (Å²) < 4.78 is 14.3. The Kier molecular flexibility index (Phi) is 3.85. The topological polar surface area (TPSA) is 6.48 Å². The Morgan fingerprint density at radius 2 is 1.73 bits per heavy atom.